The average molecular weight is 356 g/mol. The lowest BCUT2D eigenvalue weighted by Crippen LogP contribution is -2.36. The fourth-order valence-electron chi connectivity index (χ4n) is 2.63. The van der Waals surface area contributed by atoms with E-state index in [4.69, 9.17) is 14.2 Å². The number of amides is 2. The number of hydrogen-bond acceptors (Lipinski definition) is 5. The van der Waals surface area contributed by atoms with E-state index in [2.05, 4.69) is 5.32 Å². The summed E-state index contributed by atoms with van der Waals surface area (Å²) in [6.07, 6.45) is 0. The monoisotopic (exact) mass is 356 g/mol. The van der Waals surface area contributed by atoms with Crippen LogP contribution in [0, 0.1) is 0 Å². The minimum absolute atomic E-state index is 0.114. The van der Waals surface area contributed by atoms with Gasteiger partial charge in [0.15, 0.2) is 11.5 Å². The van der Waals surface area contributed by atoms with Gasteiger partial charge < -0.3 is 24.4 Å². The molecule has 0 aromatic heterocycles. The first kappa shape index (κ1) is 17.6. The Kier molecular flexibility index (Phi) is 5.26. The van der Waals surface area contributed by atoms with Crippen LogP contribution in [0.1, 0.15) is 6.92 Å². The van der Waals surface area contributed by atoms with Crippen molar-refractivity contribution in [2.45, 2.75) is 6.92 Å². The van der Waals surface area contributed by atoms with Crippen LogP contribution in [0.2, 0.25) is 0 Å². The molecule has 2 aromatic rings. The Morgan fingerprint density at radius 1 is 1.12 bits per heavy atom. The molecule has 3 rings (SSSR count). The molecule has 1 aliphatic rings. The summed E-state index contributed by atoms with van der Waals surface area (Å²) in [7, 11) is 1.55. The molecule has 7 heteroatoms. The van der Waals surface area contributed by atoms with E-state index in [9.17, 15) is 9.59 Å². The second-order valence-electron chi connectivity index (χ2n) is 5.71. The maximum Gasteiger partial charge on any atom is 0.244 e. The number of hydrogen-bond donors (Lipinski definition) is 1. The zero-order valence-corrected chi connectivity index (χ0v) is 14.7. The van der Waals surface area contributed by atoms with Crippen molar-refractivity contribution in [1.82, 2.24) is 0 Å². The van der Waals surface area contributed by atoms with Gasteiger partial charge in [-0.2, -0.15) is 0 Å². The molecule has 0 aliphatic carbocycles. The zero-order valence-electron chi connectivity index (χ0n) is 14.7. The standard InChI is InChI=1S/C19H20N2O5/c1-13(22)21(15-4-3-5-16(11-15)24-2)12-19(23)20-14-6-7-17-18(10-14)26-9-8-25-17/h3-7,10-11H,8-9,12H2,1-2H3,(H,20,23). The topological polar surface area (TPSA) is 77.1 Å². The van der Waals surface area contributed by atoms with Crippen LogP contribution in [0.4, 0.5) is 11.4 Å². The van der Waals surface area contributed by atoms with E-state index in [1.165, 1.54) is 11.8 Å². The van der Waals surface area contributed by atoms with Crippen molar-refractivity contribution in [1.29, 1.82) is 0 Å². The highest BCUT2D eigenvalue weighted by atomic mass is 16.6. The predicted molar refractivity (Wildman–Crippen MR) is 97.1 cm³/mol. The van der Waals surface area contributed by atoms with E-state index in [0.29, 0.717) is 41.8 Å². The van der Waals surface area contributed by atoms with Crippen molar-refractivity contribution in [3.8, 4) is 17.2 Å². The third-order valence-corrected chi connectivity index (χ3v) is 3.87. The Balaban J connectivity index is 1.71. The van der Waals surface area contributed by atoms with Crippen LogP contribution in [0.15, 0.2) is 42.5 Å². The molecule has 0 bridgehead atoms. The molecule has 0 spiro atoms. The van der Waals surface area contributed by atoms with Crippen LogP contribution in [-0.4, -0.2) is 38.7 Å². The molecule has 0 unspecified atom stereocenters. The van der Waals surface area contributed by atoms with E-state index in [0.717, 1.165) is 0 Å². The zero-order chi connectivity index (χ0) is 18.5. The lowest BCUT2D eigenvalue weighted by Gasteiger charge is -2.22. The summed E-state index contributed by atoms with van der Waals surface area (Å²) < 4.78 is 16.1. The maximum atomic E-state index is 12.4. The van der Waals surface area contributed by atoms with Crippen LogP contribution < -0.4 is 24.4 Å². The third kappa shape index (κ3) is 4.05. The summed E-state index contributed by atoms with van der Waals surface area (Å²) in [5, 5.41) is 2.78. The first-order chi connectivity index (χ1) is 12.6. The van der Waals surface area contributed by atoms with Crippen molar-refractivity contribution in [2.75, 3.05) is 37.1 Å². The summed E-state index contributed by atoms with van der Waals surface area (Å²) in [5.74, 6) is 1.29. The normalized spacial score (nSPS) is 12.2. The number of carbonyl (C=O) groups excluding carboxylic acids is 2. The molecular weight excluding hydrogens is 336 g/mol. The van der Waals surface area contributed by atoms with Gasteiger partial charge in [0, 0.05) is 30.4 Å². The van der Waals surface area contributed by atoms with E-state index in [-0.39, 0.29) is 18.4 Å². The van der Waals surface area contributed by atoms with Gasteiger partial charge in [0.05, 0.1) is 7.11 Å². The molecule has 1 N–H and O–H groups in total. The summed E-state index contributed by atoms with van der Waals surface area (Å²) in [4.78, 5) is 25.8. The minimum atomic E-state index is -0.320. The number of carbonyl (C=O) groups is 2. The summed E-state index contributed by atoms with van der Waals surface area (Å²) in [6, 6.07) is 12.2. The number of fused-ring (bicyclic) bond motifs is 1. The highest BCUT2D eigenvalue weighted by molar-refractivity contribution is 6.02. The van der Waals surface area contributed by atoms with Crippen molar-refractivity contribution in [3.63, 3.8) is 0 Å². The lowest BCUT2D eigenvalue weighted by molar-refractivity contribution is -0.120. The van der Waals surface area contributed by atoms with Gasteiger partial charge in [-0.15, -0.1) is 0 Å². The second kappa shape index (κ2) is 7.77. The SMILES string of the molecule is COc1cccc(N(CC(=O)Nc2ccc3c(c2)OCCO3)C(C)=O)c1. The van der Waals surface area contributed by atoms with Gasteiger partial charge in [0.2, 0.25) is 11.8 Å². The Morgan fingerprint density at radius 3 is 2.62 bits per heavy atom. The smallest absolute Gasteiger partial charge is 0.244 e. The highest BCUT2D eigenvalue weighted by Gasteiger charge is 2.18. The molecule has 0 atom stereocenters. The summed E-state index contributed by atoms with van der Waals surface area (Å²) >= 11 is 0. The Labute approximate surface area is 151 Å². The number of methoxy groups -OCH3 is 1. The van der Waals surface area contributed by atoms with Gasteiger partial charge in [-0.25, -0.2) is 0 Å². The van der Waals surface area contributed by atoms with Gasteiger partial charge in [-0.05, 0) is 24.3 Å². The number of ether oxygens (including phenoxy) is 3. The maximum absolute atomic E-state index is 12.4. The van der Waals surface area contributed by atoms with Crippen LogP contribution in [0.25, 0.3) is 0 Å². The van der Waals surface area contributed by atoms with Crippen LogP contribution in [0.3, 0.4) is 0 Å². The molecule has 0 radical (unpaired) electrons. The van der Waals surface area contributed by atoms with Crippen LogP contribution in [-0.2, 0) is 9.59 Å². The summed E-state index contributed by atoms with van der Waals surface area (Å²) in [5.41, 5.74) is 1.17. The molecule has 136 valence electrons. The third-order valence-electron chi connectivity index (χ3n) is 3.87. The van der Waals surface area contributed by atoms with Gasteiger partial charge in [0.25, 0.3) is 0 Å². The second-order valence-corrected chi connectivity index (χ2v) is 5.71. The molecule has 2 aromatic carbocycles. The Bertz CT molecular complexity index is 821. The molecule has 0 fully saturated rings. The molecule has 1 aliphatic heterocycles. The van der Waals surface area contributed by atoms with Crippen molar-refractivity contribution >= 4 is 23.2 Å². The van der Waals surface area contributed by atoms with Crippen molar-refractivity contribution in [3.05, 3.63) is 42.5 Å². The number of nitrogens with one attached hydrogen (secondary N) is 1. The minimum Gasteiger partial charge on any atom is -0.497 e. The number of benzene rings is 2. The number of rotatable bonds is 5. The largest absolute Gasteiger partial charge is 0.497 e. The van der Waals surface area contributed by atoms with E-state index in [1.54, 1.807) is 49.6 Å². The van der Waals surface area contributed by atoms with Crippen molar-refractivity contribution < 1.29 is 23.8 Å². The first-order valence-electron chi connectivity index (χ1n) is 8.18. The van der Waals surface area contributed by atoms with Crippen molar-refractivity contribution in [2.24, 2.45) is 0 Å². The Morgan fingerprint density at radius 2 is 1.88 bits per heavy atom. The van der Waals surface area contributed by atoms with Gasteiger partial charge in [-0.1, -0.05) is 6.07 Å². The average Bonchev–Trinajstić information content (AvgIpc) is 2.66. The number of anilines is 2. The van der Waals surface area contributed by atoms with Crippen LogP contribution >= 0.6 is 0 Å². The number of nitrogens with zero attached hydrogens (tertiary/aromatic N) is 1. The Hall–Kier alpha value is -3.22. The quantitative estimate of drug-likeness (QED) is 0.890. The van der Waals surface area contributed by atoms with Gasteiger partial charge >= 0.3 is 0 Å². The molecular formula is C19H20N2O5. The summed E-state index contributed by atoms with van der Waals surface area (Å²) in [6.45, 7) is 2.28. The molecule has 2 amide bonds. The predicted octanol–water partition coefficient (Wildman–Crippen LogP) is 2.46. The fraction of sp³-hybridized carbons (Fsp3) is 0.263. The van der Waals surface area contributed by atoms with Gasteiger partial charge in [-0.3, -0.25) is 9.59 Å². The molecule has 0 saturated carbocycles. The molecule has 0 saturated heterocycles. The highest BCUT2D eigenvalue weighted by Crippen LogP contribution is 2.32. The fourth-order valence-corrected chi connectivity index (χ4v) is 2.63. The van der Waals surface area contributed by atoms with Gasteiger partial charge in [0.1, 0.15) is 25.5 Å². The van der Waals surface area contributed by atoms with E-state index in [1.807, 2.05) is 0 Å². The van der Waals surface area contributed by atoms with E-state index >= 15 is 0 Å². The molecule has 1 heterocycles. The molecule has 26 heavy (non-hydrogen) atoms. The van der Waals surface area contributed by atoms with Crippen LogP contribution in [0.5, 0.6) is 17.2 Å². The lowest BCUT2D eigenvalue weighted by atomic mass is 10.2. The molecule has 7 nitrogen and oxygen atoms in total. The van der Waals surface area contributed by atoms with E-state index < -0.39 is 0 Å². The first-order valence-corrected chi connectivity index (χ1v) is 8.18.